The molecule has 0 atom stereocenters. The maximum Gasteiger partial charge on any atom is 0.287 e. The number of carbonyl (C=O) groups excluding carboxylic acids is 2. The van der Waals surface area contributed by atoms with Crippen molar-refractivity contribution in [1.29, 1.82) is 0 Å². The van der Waals surface area contributed by atoms with E-state index >= 15 is 0 Å². The first kappa shape index (κ1) is 26.2. The van der Waals surface area contributed by atoms with E-state index < -0.39 is 5.91 Å². The third kappa shape index (κ3) is 7.81. The van der Waals surface area contributed by atoms with Gasteiger partial charge in [-0.15, -0.1) is 0 Å². The molecule has 0 bridgehead atoms. The monoisotopic (exact) mass is 480 g/mol. The number of hydrogen-bond donors (Lipinski definition) is 2. The molecule has 0 fully saturated rings. The predicted octanol–water partition coefficient (Wildman–Crippen LogP) is 5.51. The number of nitrogens with zero attached hydrogens (tertiary/aromatic N) is 2. The zero-order chi connectivity index (χ0) is 25.8. The van der Waals surface area contributed by atoms with Gasteiger partial charge in [-0.05, 0) is 68.3 Å². The normalized spacial score (nSPS) is 11.9. The Kier molecular flexibility index (Phi) is 9.77. The molecule has 0 saturated carbocycles. The van der Waals surface area contributed by atoms with E-state index in [1.165, 1.54) is 0 Å². The van der Waals surface area contributed by atoms with E-state index in [-0.39, 0.29) is 11.6 Å². The lowest BCUT2D eigenvalue weighted by molar-refractivity contribution is -0.117. The summed E-state index contributed by atoms with van der Waals surface area (Å²) in [6.07, 6.45) is 5.37. The first-order valence-electron chi connectivity index (χ1n) is 12.0. The lowest BCUT2D eigenvalue weighted by Gasteiger charge is -2.21. The second-order valence-electron chi connectivity index (χ2n) is 8.08. The highest BCUT2D eigenvalue weighted by atomic mass is 16.2. The van der Waals surface area contributed by atoms with Crippen LogP contribution in [0.1, 0.15) is 42.3 Å². The molecular formula is C30H32N4O2. The molecule has 6 heteroatoms. The Labute approximate surface area is 213 Å². The number of carbonyl (C=O) groups is 2. The Balaban J connectivity index is 1.80. The average Bonchev–Trinajstić information content (AvgIpc) is 2.92. The van der Waals surface area contributed by atoms with E-state index in [9.17, 15) is 9.59 Å². The van der Waals surface area contributed by atoms with Crippen molar-refractivity contribution in [3.8, 4) is 0 Å². The van der Waals surface area contributed by atoms with Crippen molar-refractivity contribution < 1.29 is 9.59 Å². The zero-order valence-corrected chi connectivity index (χ0v) is 20.9. The first-order valence-corrected chi connectivity index (χ1v) is 12.0. The Morgan fingerprint density at radius 2 is 1.44 bits per heavy atom. The van der Waals surface area contributed by atoms with Gasteiger partial charge in [0.2, 0.25) is 0 Å². The number of hydrogen-bond acceptors (Lipinski definition) is 4. The third-order valence-corrected chi connectivity index (χ3v) is 5.51. The average molecular weight is 481 g/mol. The molecule has 0 aliphatic heterocycles. The van der Waals surface area contributed by atoms with Crippen LogP contribution in [-0.2, 0) is 4.79 Å². The first-order chi connectivity index (χ1) is 17.5. The summed E-state index contributed by atoms with van der Waals surface area (Å²) in [6.45, 7) is 7.82. The van der Waals surface area contributed by atoms with Crippen LogP contribution in [0.4, 0.5) is 5.69 Å². The fourth-order valence-corrected chi connectivity index (χ4v) is 3.50. The number of allylic oxidation sites excluding steroid dienone is 1. The van der Waals surface area contributed by atoms with Gasteiger partial charge in [0, 0.05) is 24.3 Å². The summed E-state index contributed by atoms with van der Waals surface area (Å²) in [5.41, 5.74) is 6.64. The fraction of sp³-hybridized carbons (Fsp3) is 0.167. The lowest BCUT2D eigenvalue weighted by atomic mass is 10.1. The summed E-state index contributed by atoms with van der Waals surface area (Å²) in [5.74, 6) is -0.888. The van der Waals surface area contributed by atoms with Gasteiger partial charge in [0.05, 0.1) is 5.71 Å². The zero-order valence-electron chi connectivity index (χ0n) is 20.9. The summed E-state index contributed by atoms with van der Waals surface area (Å²) in [7, 11) is 0. The van der Waals surface area contributed by atoms with Crippen molar-refractivity contribution >= 4 is 35.4 Å². The molecule has 3 rings (SSSR count). The molecule has 0 aliphatic rings. The summed E-state index contributed by atoms with van der Waals surface area (Å²) >= 11 is 0. The summed E-state index contributed by atoms with van der Waals surface area (Å²) in [6, 6.07) is 26.4. The van der Waals surface area contributed by atoms with Crippen LogP contribution in [0.15, 0.2) is 102 Å². The highest BCUT2D eigenvalue weighted by Crippen LogP contribution is 2.16. The van der Waals surface area contributed by atoms with Gasteiger partial charge in [-0.3, -0.25) is 9.59 Å². The molecule has 0 aromatic heterocycles. The van der Waals surface area contributed by atoms with Gasteiger partial charge in [-0.25, -0.2) is 5.43 Å². The topological polar surface area (TPSA) is 73.8 Å². The van der Waals surface area contributed by atoms with Crippen LogP contribution in [0.3, 0.4) is 0 Å². The van der Waals surface area contributed by atoms with Crippen LogP contribution in [-0.4, -0.2) is 30.6 Å². The van der Waals surface area contributed by atoms with E-state index in [0.717, 1.165) is 29.9 Å². The van der Waals surface area contributed by atoms with E-state index in [1.54, 1.807) is 37.3 Å². The summed E-state index contributed by atoms with van der Waals surface area (Å²) in [5, 5.41) is 6.91. The highest BCUT2D eigenvalue weighted by molar-refractivity contribution is 6.06. The largest absolute Gasteiger partial charge is 0.372 e. The second kappa shape index (κ2) is 13.4. The minimum Gasteiger partial charge on any atom is -0.372 e. The Bertz CT molecular complexity index is 1230. The number of hydrazone groups is 1. The maximum atomic E-state index is 13.0. The van der Waals surface area contributed by atoms with Crippen LogP contribution in [0.2, 0.25) is 0 Å². The van der Waals surface area contributed by atoms with Crippen LogP contribution in [0.25, 0.3) is 12.2 Å². The molecule has 3 aromatic carbocycles. The molecule has 0 aliphatic carbocycles. The molecule has 3 aromatic rings. The van der Waals surface area contributed by atoms with Crippen molar-refractivity contribution in [2.24, 2.45) is 5.10 Å². The third-order valence-electron chi connectivity index (χ3n) is 5.51. The second-order valence-corrected chi connectivity index (χ2v) is 8.08. The quantitative estimate of drug-likeness (QED) is 0.228. The van der Waals surface area contributed by atoms with Crippen molar-refractivity contribution in [2.75, 3.05) is 18.0 Å². The minimum atomic E-state index is -0.514. The standard InChI is InChI=1S/C30H32N4O2/c1-4-34(5-2)27-20-18-25(19-21-27)22-28(31-29(35)26-14-10-7-11-15-26)30(36)33-32-23(3)16-17-24-12-8-6-9-13-24/h6-22H,4-5H2,1-3H3,(H,31,35)(H,33,36)/b17-16-,28-22+,32-23+. The maximum absolute atomic E-state index is 13.0. The van der Waals surface area contributed by atoms with E-state index in [0.29, 0.717) is 11.3 Å². The smallest absolute Gasteiger partial charge is 0.287 e. The Morgan fingerprint density at radius 1 is 0.833 bits per heavy atom. The van der Waals surface area contributed by atoms with E-state index in [4.69, 9.17) is 0 Å². The minimum absolute atomic E-state index is 0.100. The number of nitrogens with one attached hydrogen (secondary N) is 2. The van der Waals surface area contributed by atoms with Gasteiger partial charge in [-0.1, -0.05) is 66.7 Å². The number of benzene rings is 3. The number of anilines is 1. The number of amides is 2. The SMILES string of the molecule is CCN(CC)c1ccc(/C=C(/NC(=O)c2ccccc2)C(=O)N/N=C(C)/C=C\c2ccccc2)cc1. The lowest BCUT2D eigenvalue weighted by Crippen LogP contribution is -2.33. The van der Waals surface area contributed by atoms with Crippen molar-refractivity contribution in [2.45, 2.75) is 20.8 Å². The molecule has 0 unspecified atom stereocenters. The molecule has 2 N–H and O–H groups in total. The molecule has 184 valence electrons. The molecule has 0 saturated heterocycles. The van der Waals surface area contributed by atoms with Crippen LogP contribution >= 0.6 is 0 Å². The molecule has 6 nitrogen and oxygen atoms in total. The Hall–Kier alpha value is -4.45. The molecule has 0 radical (unpaired) electrons. The predicted molar refractivity (Wildman–Crippen MR) is 149 cm³/mol. The van der Waals surface area contributed by atoms with Gasteiger partial charge < -0.3 is 10.2 Å². The van der Waals surface area contributed by atoms with Crippen LogP contribution in [0, 0.1) is 0 Å². The van der Waals surface area contributed by atoms with Gasteiger partial charge in [0.1, 0.15) is 5.70 Å². The van der Waals surface area contributed by atoms with Crippen molar-refractivity contribution in [1.82, 2.24) is 10.7 Å². The highest BCUT2D eigenvalue weighted by Gasteiger charge is 2.14. The molecule has 0 spiro atoms. The molecule has 0 heterocycles. The van der Waals surface area contributed by atoms with E-state index in [1.807, 2.05) is 72.8 Å². The summed E-state index contributed by atoms with van der Waals surface area (Å²) < 4.78 is 0. The van der Waals surface area contributed by atoms with E-state index in [2.05, 4.69) is 34.6 Å². The van der Waals surface area contributed by atoms with Gasteiger partial charge >= 0.3 is 0 Å². The summed E-state index contributed by atoms with van der Waals surface area (Å²) in [4.78, 5) is 28.0. The fourth-order valence-electron chi connectivity index (χ4n) is 3.50. The van der Waals surface area contributed by atoms with Gasteiger partial charge in [0.15, 0.2) is 0 Å². The van der Waals surface area contributed by atoms with Gasteiger partial charge in [0.25, 0.3) is 11.8 Å². The van der Waals surface area contributed by atoms with Crippen LogP contribution in [0.5, 0.6) is 0 Å². The van der Waals surface area contributed by atoms with Gasteiger partial charge in [-0.2, -0.15) is 5.10 Å². The Morgan fingerprint density at radius 3 is 2.06 bits per heavy atom. The van der Waals surface area contributed by atoms with Crippen molar-refractivity contribution in [3.05, 3.63) is 113 Å². The van der Waals surface area contributed by atoms with Crippen LogP contribution < -0.4 is 15.6 Å². The number of rotatable bonds is 10. The molecule has 36 heavy (non-hydrogen) atoms. The van der Waals surface area contributed by atoms with Crippen molar-refractivity contribution in [3.63, 3.8) is 0 Å². The molecular weight excluding hydrogens is 448 g/mol. The molecule has 2 amide bonds.